The van der Waals surface area contributed by atoms with Crippen molar-refractivity contribution in [2.45, 2.75) is 12.5 Å². The van der Waals surface area contributed by atoms with Crippen LogP contribution < -0.4 is 5.32 Å². The first-order valence-corrected chi connectivity index (χ1v) is 4.78. The standard InChI is InChI=1S/C11H11NO2/c1-2-10(13-6-1)11-8-4-7-14-9(8)3-5-12-11/h1-2,4,6-7,11-12H,3,5H2. The van der Waals surface area contributed by atoms with Gasteiger partial charge in [0.1, 0.15) is 11.5 Å². The molecule has 0 aliphatic carbocycles. The molecule has 2 aromatic heterocycles. The molecular formula is C11H11NO2. The van der Waals surface area contributed by atoms with Gasteiger partial charge < -0.3 is 14.2 Å². The maximum atomic E-state index is 5.40. The van der Waals surface area contributed by atoms with Crippen molar-refractivity contribution in [3.8, 4) is 0 Å². The van der Waals surface area contributed by atoms with Crippen molar-refractivity contribution in [2.75, 3.05) is 6.54 Å². The molecule has 0 spiro atoms. The average molecular weight is 189 g/mol. The summed E-state index contributed by atoms with van der Waals surface area (Å²) in [5.74, 6) is 2.03. The summed E-state index contributed by atoms with van der Waals surface area (Å²) in [5, 5.41) is 3.41. The van der Waals surface area contributed by atoms with E-state index in [2.05, 4.69) is 5.32 Å². The summed E-state index contributed by atoms with van der Waals surface area (Å²) in [5.41, 5.74) is 1.20. The number of rotatable bonds is 1. The fourth-order valence-electron chi connectivity index (χ4n) is 1.96. The molecule has 72 valence electrons. The van der Waals surface area contributed by atoms with E-state index in [1.54, 1.807) is 12.5 Å². The van der Waals surface area contributed by atoms with Gasteiger partial charge in [0.05, 0.1) is 18.6 Å². The van der Waals surface area contributed by atoms with E-state index in [4.69, 9.17) is 8.83 Å². The second-order valence-corrected chi connectivity index (χ2v) is 3.45. The van der Waals surface area contributed by atoms with Crippen LogP contribution in [0.25, 0.3) is 0 Å². The molecule has 1 atom stereocenters. The van der Waals surface area contributed by atoms with E-state index in [1.807, 2.05) is 18.2 Å². The molecule has 3 nitrogen and oxygen atoms in total. The lowest BCUT2D eigenvalue weighted by atomic mass is 10.00. The third-order valence-electron chi connectivity index (χ3n) is 2.62. The molecule has 2 aromatic rings. The average Bonchev–Trinajstić information content (AvgIpc) is 2.88. The van der Waals surface area contributed by atoms with Crippen molar-refractivity contribution >= 4 is 0 Å². The van der Waals surface area contributed by atoms with E-state index in [9.17, 15) is 0 Å². The Morgan fingerprint density at radius 3 is 3.07 bits per heavy atom. The summed E-state index contributed by atoms with van der Waals surface area (Å²) in [6.07, 6.45) is 4.40. The number of fused-ring (bicyclic) bond motifs is 1. The summed E-state index contributed by atoms with van der Waals surface area (Å²) < 4.78 is 10.8. The van der Waals surface area contributed by atoms with Crippen LogP contribution in [0.4, 0.5) is 0 Å². The molecule has 14 heavy (non-hydrogen) atoms. The first kappa shape index (κ1) is 7.88. The molecule has 1 unspecified atom stereocenters. The van der Waals surface area contributed by atoms with Crippen molar-refractivity contribution in [1.29, 1.82) is 0 Å². The largest absolute Gasteiger partial charge is 0.469 e. The Balaban J connectivity index is 2.04. The summed E-state index contributed by atoms with van der Waals surface area (Å²) in [7, 11) is 0. The Labute approximate surface area is 81.7 Å². The molecule has 0 saturated heterocycles. The molecule has 1 N–H and O–H groups in total. The molecule has 3 heteroatoms. The summed E-state index contributed by atoms with van der Waals surface area (Å²) >= 11 is 0. The molecule has 0 aromatic carbocycles. The summed E-state index contributed by atoms with van der Waals surface area (Å²) in [4.78, 5) is 0. The molecule has 0 amide bonds. The van der Waals surface area contributed by atoms with Gasteiger partial charge in [0.25, 0.3) is 0 Å². The van der Waals surface area contributed by atoms with Gasteiger partial charge in [-0.05, 0) is 18.2 Å². The van der Waals surface area contributed by atoms with Gasteiger partial charge in [0.15, 0.2) is 0 Å². The molecule has 3 heterocycles. The van der Waals surface area contributed by atoms with Crippen molar-refractivity contribution in [3.63, 3.8) is 0 Å². The minimum absolute atomic E-state index is 0.160. The highest BCUT2D eigenvalue weighted by atomic mass is 16.3. The number of hydrogen-bond acceptors (Lipinski definition) is 3. The van der Waals surface area contributed by atoms with E-state index in [0.29, 0.717) is 0 Å². The lowest BCUT2D eigenvalue weighted by molar-refractivity contribution is 0.407. The van der Waals surface area contributed by atoms with Crippen molar-refractivity contribution in [2.24, 2.45) is 0 Å². The third kappa shape index (κ3) is 1.09. The van der Waals surface area contributed by atoms with Crippen molar-refractivity contribution in [3.05, 3.63) is 47.8 Å². The normalized spacial score (nSPS) is 20.7. The second-order valence-electron chi connectivity index (χ2n) is 3.45. The summed E-state index contributed by atoms with van der Waals surface area (Å²) in [6, 6.07) is 6.06. The van der Waals surface area contributed by atoms with Gasteiger partial charge in [-0.2, -0.15) is 0 Å². The smallest absolute Gasteiger partial charge is 0.125 e. The molecule has 1 aliphatic rings. The maximum Gasteiger partial charge on any atom is 0.125 e. The lowest BCUT2D eigenvalue weighted by Crippen LogP contribution is -2.29. The minimum atomic E-state index is 0.160. The van der Waals surface area contributed by atoms with Crippen LogP contribution in [0.1, 0.15) is 23.1 Å². The summed E-state index contributed by atoms with van der Waals surface area (Å²) in [6.45, 7) is 0.936. The zero-order valence-corrected chi connectivity index (χ0v) is 7.69. The van der Waals surface area contributed by atoms with Crippen molar-refractivity contribution in [1.82, 2.24) is 5.32 Å². The van der Waals surface area contributed by atoms with Gasteiger partial charge in [-0.1, -0.05) is 0 Å². The van der Waals surface area contributed by atoms with Gasteiger partial charge in [-0.15, -0.1) is 0 Å². The van der Waals surface area contributed by atoms with E-state index >= 15 is 0 Å². The quantitative estimate of drug-likeness (QED) is 0.746. The Bertz CT molecular complexity index is 416. The zero-order valence-electron chi connectivity index (χ0n) is 7.69. The number of hydrogen-bond donors (Lipinski definition) is 1. The van der Waals surface area contributed by atoms with Crippen LogP contribution in [0.3, 0.4) is 0 Å². The molecule has 1 aliphatic heterocycles. The number of nitrogens with one attached hydrogen (secondary N) is 1. The zero-order chi connectivity index (χ0) is 9.38. The third-order valence-corrected chi connectivity index (χ3v) is 2.62. The first-order chi connectivity index (χ1) is 6.95. The molecule has 0 radical (unpaired) electrons. The highest BCUT2D eigenvalue weighted by molar-refractivity contribution is 5.30. The molecule has 0 fully saturated rings. The van der Waals surface area contributed by atoms with Crippen LogP contribution in [0.5, 0.6) is 0 Å². The molecule has 3 rings (SSSR count). The predicted octanol–water partition coefficient (Wildman–Crippen LogP) is 2.11. The van der Waals surface area contributed by atoms with Crippen LogP contribution in [0.2, 0.25) is 0 Å². The Morgan fingerprint density at radius 2 is 2.21 bits per heavy atom. The second kappa shape index (κ2) is 3.03. The monoisotopic (exact) mass is 189 g/mol. The molecule has 0 bridgehead atoms. The maximum absolute atomic E-state index is 5.40. The Kier molecular flexibility index (Phi) is 1.70. The van der Waals surface area contributed by atoms with Gasteiger partial charge in [-0.25, -0.2) is 0 Å². The SMILES string of the molecule is c1coc(C2NCCc3occc32)c1. The number of furan rings is 2. The minimum Gasteiger partial charge on any atom is -0.469 e. The van der Waals surface area contributed by atoms with Crippen LogP contribution in [0, 0.1) is 0 Å². The van der Waals surface area contributed by atoms with E-state index < -0.39 is 0 Å². The van der Waals surface area contributed by atoms with Gasteiger partial charge in [-0.3, -0.25) is 0 Å². The Hall–Kier alpha value is -1.48. The Morgan fingerprint density at radius 1 is 1.21 bits per heavy atom. The van der Waals surface area contributed by atoms with Crippen LogP contribution >= 0.6 is 0 Å². The topological polar surface area (TPSA) is 38.3 Å². The highest BCUT2D eigenvalue weighted by Gasteiger charge is 2.25. The fraction of sp³-hybridized carbons (Fsp3) is 0.273. The van der Waals surface area contributed by atoms with E-state index in [-0.39, 0.29) is 6.04 Å². The van der Waals surface area contributed by atoms with Gasteiger partial charge >= 0.3 is 0 Å². The van der Waals surface area contributed by atoms with Gasteiger partial charge in [0.2, 0.25) is 0 Å². The molecule has 0 saturated carbocycles. The van der Waals surface area contributed by atoms with E-state index in [1.165, 1.54) is 5.56 Å². The van der Waals surface area contributed by atoms with Crippen molar-refractivity contribution < 1.29 is 8.83 Å². The van der Waals surface area contributed by atoms with Gasteiger partial charge in [0, 0.05) is 18.5 Å². The molecular weight excluding hydrogens is 178 g/mol. The lowest BCUT2D eigenvalue weighted by Gasteiger charge is -2.21. The predicted molar refractivity (Wildman–Crippen MR) is 51.0 cm³/mol. The van der Waals surface area contributed by atoms with Crippen LogP contribution in [0.15, 0.2) is 39.6 Å². The van der Waals surface area contributed by atoms with Crippen LogP contribution in [-0.2, 0) is 6.42 Å². The fourth-order valence-corrected chi connectivity index (χ4v) is 1.96. The highest BCUT2D eigenvalue weighted by Crippen LogP contribution is 2.29. The first-order valence-electron chi connectivity index (χ1n) is 4.78. The van der Waals surface area contributed by atoms with E-state index in [0.717, 1.165) is 24.5 Å². The van der Waals surface area contributed by atoms with Crippen LogP contribution in [-0.4, -0.2) is 6.54 Å².